The van der Waals surface area contributed by atoms with E-state index >= 15 is 0 Å². The van der Waals surface area contributed by atoms with E-state index in [1.54, 1.807) is 18.3 Å². The summed E-state index contributed by atoms with van der Waals surface area (Å²) in [5, 5.41) is 25.1. The number of aryl methyl sites for hydroxylation is 2. The summed E-state index contributed by atoms with van der Waals surface area (Å²) in [6, 6.07) is 19.1. The lowest BCUT2D eigenvalue weighted by Crippen LogP contribution is -2.19. The van der Waals surface area contributed by atoms with E-state index in [0.717, 1.165) is 39.0 Å². The van der Waals surface area contributed by atoms with E-state index in [2.05, 4.69) is 37.0 Å². The number of thiophene rings is 1. The molecule has 0 aliphatic heterocycles. The number of hydrogen-bond donors (Lipinski definition) is 2. The second-order valence-electron chi connectivity index (χ2n) is 10.3. The van der Waals surface area contributed by atoms with Gasteiger partial charge in [-0.1, -0.05) is 17.3 Å². The standard InChI is InChI=1S/C32H23F3N8O2S/c1-18-13-20(15-36)14-19(2)28(18)45-30-29-25(11-12-46-29)39-31(40-30)38-24-7-3-21(4-8-24)26-16-43(42-41-26)17-27(44)37-23-9-5-22(6-10-23)32(33,34)35/h3-14,16H,17H2,1-2H3,(H,37,44)(H,38,39,40). The molecule has 0 saturated carbocycles. The van der Waals surface area contributed by atoms with E-state index < -0.39 is 17.6 Å². The van der Waals surface area contributed by atoms with Crippen LogP contribution in [-0.2, 0) is 17.5 Å². The number of alkyl halides is 3. The Morgan fingerprint density at radius 3 is 2.37 bits per heavy atom. The molecule has 0 fully saturated rings. The van der Waals surface area contributed by atoms with Gasteiger partial charge in [-0.05, 0) is 85.0 Å². The number of amides is 1. The van der Waals surface area contributed by atoms with Crippen molar-refractivity contribution in [3.05, 3.63) is 101 Å². The number of fused-ring (bicyclic) bond motifs is 1. The topological polar surface area (TPSA) is 131 Å². The highest BCUT2D eigenvalue weighted by molar-refractivity contribution is 7.17. The van der Waals surface area contributed by atoms with E-state index in [-0.39, 0.29) is 12.2 Å². The van der Waals surface area contributed by atoms with Crippen molar-refractivity contribution in [1.29, 1.82) is 5.26 Å². The van der Waals surface area contributed by atoms with Crippen molar-refractivity contribution in [2.75, 3.05) is 10.6 Å². The van der Waals surface area contributed by atoms with Gasteiger partial charge in [-0.3, -0.25) is 4.79 Å². The summed E-state index contributed by atoms with van der Waals surface area (Å²) in [6.45, 7) is 3.59. The predicted octanol–water partition coefficient (Wildman–Crippen LogP) is 7.63. The minimum Gasteiger partial charge on any atom is -0.437 e. The molecule has 0 bridgehead atoms. The highest BCUT2D eigenvalue weighted by atomic mass is 32.1. The smallest absolute Gasteiger partial charge is 0.416 e. The molecule has 6 rings (SSSR count). The van der Waals surface area contributed by atoms with Gasteiger partial charge in [-0.2, -0.15) is 23.4 Å². The first kappa shape index (κ1) is 30.2. The van der Waals surface area contributed by atoms with E-state index in [1.807, 2.05) is 49.6 Å². The third-order valence-corrected chi connectivity index (χ3v) is 7.73. The summed E-state index contributed by atoms with van der Waals surface area (Å²) in [4.78, 5) is 21.7. The number of halogens is 3. The SMILES string of the molecule is Cc1cc(C#N)cc(C)c1Oc1nc(Nc2ccc(-c3cn(CC(=O)Nc4ccc(C(F)(F)F)cc4)nn3)cc2)nc2ccsc12. The van der Waals surface area contributed by atoms with Crippen LogP contribution in [0.3, 0.4) is 0 Å². The molecule has 14 heteroatoms. The van der Waals surface area contributed by atoms with E-state index in [4.69, 9.17) is 4.74 Å². The van der Waals surface area contributed by atoms with Gasteiger partial charge in [0.1, 0.15) is 22.7 Å². The average molecular weight is 641 g/mol. The Labute approximate surface area is 264 Å². The molecule has 0 aliphatic rings. The molecule has 0 saturated heterocycles. The van der Waals surface area contributed by atoms with Crippen molar-refractivity contribution in [3.8, 4) is 29.0 Å². The molecule has 0 atom stereocenters. The molecule has 3 aromatic carbocycles. The molecular formula is C32H23F3N8O2S. The molecule has 46 heavy (non-hydrogen) atoms. The number of carbonyl (C=O) groups excluding carboxylic acids is 1. The maximum atomic E-state index is 12.8. The van der Waals surface area contributed by atoms with Crippen LogP contribution in [0.15, 0.2) is 78.3 Å². The normalized spacial score (nSPS) is 11.3. The zero-order chi connectivity index (χ0) is 32.4. The Bertz CT molecular complexity index is 2080. The van der Waals surface area contributed by atoms with Crippen molar-refractivity contribution in [1.82, 2.24) is 25.0 Å². The maximum absolute atomic E-state index is 12.8. The Morgan fingerprint density at radius 2 is 1.70 bits per heavy atom. The van der Waals surface area contributed by atoms with Crippen LogP contribution in [0.4, 0.5) is 30.5 Å². The van der Waals surface area contributed by atoms with Crippen LogP contribution in [-0.4, -0.2) is 30.9 Å². The number of nitrogens with one attached hydrogen (secondary N) is 2. The van der Waals surface area contributed by atoms with Gasteiger partial charge in [0, 0.05) is 16.9 Å². The Kier molecular flexibility index (Phi) is 8.08. The van der Waals surface area contributed by atoms with Crippen LogP contribution < -0.4 is 15.4 Å². The molecule has 3 heterocycles. The lowest BCUT2D eigenvalue weighted by molar-refractivity contribution is -0.137. The number of aromatic nitrogens is 5. The fourth-order valence-electron chi connectivity index (χ4n) is 4.69. The minimum absolute atomic E-state index is 0.179. The first-order chi connectivity index (χ1) is 22.1. The molecule has 230 valence electrons. The summed E-state index contributed by atoms with van der Waals surface area (Å²) in [5.74, 6) is 0.899. The summed E-state index contributed by atoms with van der Waals surface area (Å²) in [7, 11) is 0. The Hall–Kier alpha value is -5.81. The third-order valence-electron chi connectivity index (χ3n) is 6.84. The lowest BCUT2D eigenvalue weighted by atomic mass is 10.1. The Balaban J connectivity index is 1.13. The van der Waals surface area contributed by atoms with Crippen LogP contribution in [0.25, 0.3) is 21.5 Å². The van der Waals surface area contributed by atoms with Crippen molar-refractivity contribution < 1.29 is 22.7 Å². The fourth-order valence-corrected chi connectivity index (χ4v) is 5.44. The molecule has 0 unspecified atom stereocenters. The van der Waals surface area contributed by atoms with Gasteiger partial charge in [-0.15, -0.1) is 16.4 Å². The number of anilines is 3. The number of hydrogen-bond acceptors (Lipinski definition) is 9. The first-order valence-corrected chi connectivity index (χ1v) is 14.6. The van der Waals surface area contributed by atoms with Crippen LogP contribution in [0, 0.1) is 25.2 Å². The van der Waals surface area contributed by atoms with Crippen LogP contribution in [0.1, 0.15) is 22.3 Å². The largest absolute Gasteiger partial charge is 0.437 e. The van der Waals surface area contributed by atoms with E-state index in [0.29, 0.717) is 34.5 Å². The van der Waals surface area contributed by atoms with Crippen molar-refractivity contribution in [2.45, 2.75) is 26.6 Å². The monoisotopic (exact) mass is 640 g/mol. The predicted molar refractivity (Wildman–Crippen MR) is 167 cm³/mol. The number of ether oxygens (including phenoxy) is 1. The maximum Gasteiger partial charge on any atom is 0.416 e. The summed E-state index contributed by atoms with van der Waals surface area (Å²) >= 11 is 1.47. The highest BCUT2D eigenvalue weighted by Gasteiger charge is 2.30. The highest BCUT2D eigenvalue weighted by Crippen LogP contribution is 2.36. The van der Waals surface area contributed by atoms with Crippen LogP contribution >= 0.6 is 11.3 Å². The Morgan fingerprint density at radius 1 is 1.00 bits per heavy atom. The fraction of sp³-hybridized carbons (Fsp3) is 0.125. The van der Waals surface area contributed by atoms with Crippen LogP contribution in [0.2, 0.25) is 0 Å². The second kappa shape index (κ2) is 12.3. The number of carbonyl (C=O) groups is 1. The van der Waals surface area contributed by atoms with E-state index in [9.17, 15) is 23.2 Å². The zero-order valence-corrected chi connectivity index (χ0v) is 25.1. The average Bonchev–Trinajstić information content (AvgIpc) is 3.69. The van der Waals surface area contributed by atoms with Crippen molar-refractivity contribution in [3.63, 3.8) is 0 Å². The van der Waals surface area contributed by atoms with Crippen molar-refractivity contribution in [2.24, 2.45) is 0 Å². The number of rotatable bonds is 8. The minimum atomic E-state index is -4.45. The third kappa shape index (κ3) is 6.64. The molecular weight excluding hydrogens is 617 g/mol. The molecule has 2 N–H and O–H groups in total. The van der Waals surface area contributed by atoms with Crippen LogP contribution in [0.5, 0.6) is 11.6 Å². The quantitative estimate of drug-likeness (QED) is 0.174. The lowest BCUT2D eigenvalue weighted by Gasteiger charge is -2.13. The summed E-state index contributed by atoms with van der Waals surface area (Å²) in [5.41, 5.74) is 4.33. The van der Waals surface area contributed by atoms with E-state index in [1.165, 1.54) is 28.2 Å². The van der Waals surface area contributed by atoms with Gasteiger partial charge >= 0.3 is 6.18 Å². The molecule has 3 aromatic heterocycles. The van der Waals surface area contributed by atoms with Gasteiger partial charge in [0.05, 0.1) is 28.9 Å². The molecule has 0 radical (unpaired) electrons. The van der Waals surface area contributed by atoms with Gasteiger partial charge < -0.3 is 15.4 Å². The number of nitrogens with zero attached hydrogens (tertiary/aromatic N) is 6. The molecule has 0 aliphatic carbocycles. The van der Waals surface area contributed by atoms with Gasteiger partial charge in [0.25, 0.3) is 0 Å². The van der Waals surface area contributed by atoms with Gasteiger partial charge in [-0.25, -0.2) is 9.67 Å². The first-order valence-electron chi connectivity index (χ1n) is 13.7. The second-order valence-corrected chi connectivity index (χ2v) is 11.2. The number of benzene rings is 3. The van der Waals surface area contributed by atoms with Crippen molar-refractivity contribution >= 4 is 44.8 Å². The molecule has 10 nitrogen and oxygen atoms in total. The molecule has 1 amide bonds. The zero-order valence-electron chi connectivity index (χ0n) is 24.3. The molecule has 0 spiro atoms. The van der Waals surface area contributed by atoms with Gasteiger partial charge in [0.2, 0.25) is 17.7 Å². The summed E-state index contributed by atoms with van der Waals surface area (Å²) < 4.78 is 46.7. The number of nitriles is 1. The molecule has 6 aromatic rings. The van der Waals surface area contributed by atoms with Gasteiger partial charge in [0.15, 0.2) is 0 Å². The summed E-state index contributed by atoms with van der Waals surface area (Å²) in [6.07, 6.45) is -2.86.